The minimum absolute atomic E-state index is 0.0831. The fourth-order valence-corrected chi connectivity index (χ4v) is 2.02. The lowest BCUT2D eigenvalue weighted by molar-refractivity contribution is -0.136. The topological polar surface area (TPSA) is 66.6 Å². The summed E-state index contributed by atoms with van der Waals surface area (Å²) in [5, 5.41) is 8.66. The predicted octanol–water partition coefficient (Wildman–Crippen LogP) is 0.851. The van der Waals surface area contributed by atoms with Gasteiger partial charge in [-0.2, -0.15) is 0 Å². The van der Waals surface area contributed by atoms with Gasteiger partial charge in [0, 0.05) is 24.8 Å². The lowest BCUT2D eigenvalue weighted by atomic mass is 10.1. The van der Waals surface area contributed by atoms with Gasteiger partial charge in [0.2, 0.25) is 0 Å². The minimum atomic E-state index is -0.795. The van der Waals surface area contributed by atoms with Crippen molar-refractivity contribution in [2.45, 2.75) is 18.9 Å². The first-order chi connectivity index (χ1) is 7.65. The van der Waals surface area contributed by atoms with E-state index in [1.807, 2.05) is 24.3 Å². The molecule has 0 aromatic heterocycles. The van der Waals surface area contributed by atoms with Gasteiger partial charge < -0.3 is 15.7 Å². The van der Waals surface area contributed by atoms with Crippen molar-refractivity contribution in [3.05, 3.63) is 29.8 Å². The van der Waals surface area contributed by atoms with Gasteiger partial charge in [0.05, 0.1) is 6.42 Å². The van der Waals surface area contributed by atoms with Crippen LogP contribution in [0.25, 0.3) is 0 Å². The molecule has 4 nitrogen and oxygen atoms in total. The van der Waals surface area contributed by atoms with E-state index in [1.165, 1.54) is 0 Å². The zero-order valence-corrected chi connectivity index (χ0v) is 9.10. The number of nitrogens with zero attached hydrogens (tertiary/aromatic N) is 1. The number of benzene rings is 1. The van der Waals surface area contributed by atoms with Gasteiger partial charge in [0.1, 0.15) is 0 Å². The van der Waals surface area contributed by atoms with Crippen molar-refractivity contribution in [1.82, 2.24) is 0 Å². The molecule has 1 aliphatic heterocycles. The summed E-state index contributed by atoms with van der Waals surface area (Å²) in [7, 11) is 0. The normalized spacial score (nSPS) is 20.1. The van der Waals surface area contributed by atoms with Crippen LogP contribution in [0, 0.1) is 0 Å². The number of anilines is 1. The zero-order valence-electron chi connectivity index (χ0n) is 9.10. The number of carboxylic acids is 1. The smallest absolute Gasteiger partial charge is 0.307 e. The lowest BCUT2D eigenvalue weighted by Crippen LogP contribution is -2.26. The molecule has 4 heteroatoms. The number of rotatable bonds is 3. The monoisotopic (exact) mass is 220 g/mol. The summed E-state index contributed by atoms with van der Waals surface area (Å²) in [6.07, 6.45) is 1.11. The van der Waals surface area contributed by atoms with E-state index < -0.39 is 5.97 Å². The molecular weight excluding hydrogens is 204 g/mol. The first-order valence-corrected chi connectivity index (χ1v) is 5.46. The van der Waals surface area contributed by atoms with E-state index in [-0.39, 0.29) is 12.5 Å². The van der Waals surface area contributed by atoms with Gasteiger partial charge in [-0.05, 0) is 24.1 Å². The van der Waals surface area contributed by atoms with Crippen molar-refractivity contribution in [1.29, 1.82) is 0 Å². The number of aliphatic carboxylic acids is 1. The number of hydrogen-bond donors (Lipinski definition) is 2. The Labute approximate surface area is 94.7 Å². The molecule has 1 fully saturated rings. The summed E-state index contributed by atoms with van der Waals surface area (Å²) >= 11 is 0. The maximum Gasteiger partial charge on any atom is 0.307 e. The average molecular weight is 220 g/mol. The Morgan fingerprint density at radius 3 is 2.62 bits per heavy atom. The molecule has 1 aromatic rings. The van der Waals surface area contributed by atoms with Crippen molar-refractivity contribution in [3.8, 4) is 0 Å². The summed E-state index contributed by atoms with van der Waals surface area (Å²) in [6, 6.07) is 7.94. The molecule has 1 saturated heterocycles. The van der Waals surface area contributed by atoms with Gasteiger partial charge in [0.25, 0.3) is 0 Å². The van der Waals surface area contributed by atoms with E-state index in [2.05, 4.69) is 4.90 Å². The molecule has 1 heterocycles. The Hall–Kier alpha value is -1.55. The van der Waals surface area contributed by atoms with Gasteiger partial charge >= 0.3 is 5.97 Å². The van der Waals surface area contributed by atoms with Crippen LogP contribution in [0.5, 0.6) is 0 Å². The third-order valence-electron chi connectivity index (χ3n) is 2.88. The molecule has 1 aromatic carbocycles. The van der Waals surface area contributed by atoms with Crippen LogP contribution >= 0.6 is 0 Å². The van der Waals surface area contributed by atoms with Crippen molar-refractivity contribution < 1.29 is 9.90 Å². The van der Waals surface area contributed by atoms with Crippen molar-refractivity contribution in [2.75, 3.05) is 18.0 Å². The van der Waals surface area contributed by atoms with Gasteiger partial charge in [-0.3, -0.25) is 4.79 Å². The summed E-state index contributed by atoms with van der Waals surface area (Å²) in [5.74, 6) is -0.795. The Morgan fingerprint density at radius 2 is 2.12 bits per heavy atom. The largest absolute Gasteiger partial charge is 0.481 e. The molecule has 0 bridgehead atoms. The molecule has 3 N–H and O–H groups in total. The fourth-order valence-electron chi connectivity index (χ4n) is 2.02. The standard InChI is InChI=1S/C12H16N2O2/c13-10-5-6-14(8-10)11-3-1-9(2-4-11)7-12(15)16/h1-4,10H,5-8,13H2,(H,15,16)/t10-/m1/s1. The zero-order chi connectivity index (χ0) is 11.5. The number of hydrogen-bond acceptors (Lipinski definition) is 3. The molecule has 2 rings (SSSR count). The first kappa shape index (κ1) is 11.0. The van der Waals surface area contributed by atoms with Crippen LogP contribution in [0.15, 0.2) is 24.3 Å². The Kier molecular flexibility index (Phi) is 3.10. The average Bonchev–Trinajstić information content (AvgIpc) is 2.65. The molecule has 86 valence electrons. The van der Waals surface area contributed by atoms with Gasteiger partial charge in [-0.25, -0.2) is 0 Å². The second-order valence-electron chi connectivity index (χ2n) is 4.23. The van der Waals surface area contributed by atoms with Crippen LogP contribution in [-0.2, 0) is 11.2 Å². The van der Waals surface area contributed by atoms with Crippen LogP contribution in [0.1, 0.15) is 12.0 Å². The molecule has 0 radical (unpaired) electrons. The van der Waals surface area contributed by atoms with Crippen LogP contribution in [0.3, 0.4) is 0 Å². The van der Waals surface area contributed by atoms with E-state index in [0.29, 0.717) is 0 Å². The molecule has 1 atom stereocenters. The highest BCUT2D eigenvalue weighted by Gasteiger charge is 2.18. The second kappa shape index (κ2) is 4.53. The van der Waals surface area contributed by atoms with Crippen LogP contribution in [0.4, 0.5) is 5.69 Å². The molecule has 0 aliphatic carbocycles. The van der Waals surface area contributed by atoms with E-state index in [1.54, 1.807) is 0 Å². The van der Waals surface area contributed by atoms with E-state index in [9.17, 15) is 4.79 Å². The lowest BCUT2D eigenvalue weighted by Gasteiger charge is -2.18. The second-order valence-corrected chi connectivity index (χ2v) is 4.23. The third kappa shape index (κ3) is 2.52. The molecule has 0 spiro atoms. The molecular formula is C12H16N2O2. The van der Waals surface area contributed by atoms with Gasteiger partial charge in [-0.1, -0.05) is 12.1 Å². The summed E-state index contributed by atoms with van der Waals surface area (Å²) in [5.41, 5.74) is 7.80. The molecule has 1 aliphatic rings. The Bertz CT molecular complexity index is 375. The van der Waals surface area contributed by atoms with Crippen LogP contribution in [0.2, 0.25) is 0 Å². The van der Waals surface area contributed by atoms with Crippen LogP contribution in [-0.4, -0.2) is 30.2 Å². The number of carbonyl (C=O) groups is 1. The van der Waals surface area contributed by atoms with Gasteiger partial charge in [0.15, 0.2) is 0 Å². The quantitative estimate of drug-likeness (QED) is 0.792. The van der Waals surface area contributed by atoms with E-state index in [4.69, 9.17) is 10.8 Å². The molecule has 0 unspecified atom stereocenters. The number of nitrogens with two attached hydrogens (primary N) is 1. The fraction of sp³-hybridized carbons (Fsp3) is 0.417. The SMILES string of the molecule is N[C@@H]1CCN(c2ccc(CC(=O)O)cc2)C1. The maximum absolute atomic E-state index is 10.5. The van der Waals surface area contributed by atoms with E-state index >= 15 is 0 Å². The number of carboxylic acid groups (broad SMARTS) is 1. The van der Waals surface area contributed by atoms with Crippen molar-refractivity contribution in [2.24, 2.45) is 5.73 Å². The summed E-state index contributed by atoms with van der Waals surface area (Å²) in [4.78, 5) is 12.8. The Balaban J connectivity index is 2.04. The summed E-state index contributed by atoms with van der Waals surface area (Å²) < 4.78 is 0. The molecule has 0 saturated carbocycles. The van der Waals surface area contributed by atoms with Crippen molar-refractivity contribution in [3.63, 3.8) is 0 Å². The first-order valence-electron chi connectivity index (χ1n) is 5.46. The highest BCUT2D eigenvalue weighted by atomic mass is 16.4. The Morgan fingerprint density at radius 1 is 1.44 bits per heavy atom. The molecule has 0 amide bonds. The maximum atomic E-state index is 10.5. The summed E-state index contributed by atoms with van der Waals surface area (Å²) in [6.45, 7) is 1.87. The highest BCUT2D eigenvalue weighted by Crippen LogP contribution is 2.20. The van der Waals surface area contributed by atoms with Gasteiger partial charge in [-0.15, -0.1) is 0 Å². The molecule has 16 heavy (non-hydrogen) atoms. The van der Waals surface area contributed by atoms with E-state index in [0.717, 1.165) is 30.8 Å². The van der Waals surface area contributed by atoms with Crippen LogP contribution < -0.4 is 10.6 Å². The van der Waals surface area contributed by atoms with Crippen molar-refractivity contribution >= 4 is 11.7 Å². The third-order valence-corrected chi connectivity index (χ3v) is 2.88. The minimum Gasteiger partial charge on any atom is -0.481 e. The highest BCUT2D eigenvalue weighted by molar-refractivity contribution is 5.70. The predicted molar refractivity (Wildman–Crippen MR) is 62.6 cm³/mol.